The minimum absolute atomic E-state index is 0.278. The van der Waals surface area contributed by atoms with E-state index in [0.29, 0.717) is 0 Å². The Kier molecular flexibility index (Phi) is 4.56. The molecule has 1 aliphatic rings. The molecule has 0 atom stereocenters. The zero-order valence-electron chi connectivity index (χ0n) is 12.5. The first-order valence-electron chi connectivity index (χ1n) is 7.68. The van der Waals surface area contributed by atoms with Crippen LogP contribution in [0.15, 0.2) is 41.0 Å². The van der Waals surface area contributed by atoms with Gasteiger partial charge >= 0.3 is 5.91 Å². The van der Waals surface area contributed by atoms with Crippen LogP contribution in [0.4, 0.5) is 0 Å². The highest BCUT2D eigenvalue weighted by Gasteiger charge is 2.22. The van der Waals surface area contributed by atoms with Gasteiger partial charge in [-0.15, -0.1) is 0 Å². The molecular weight excluding hydrogens is 278 g/mol. The number of benzene rings is 1. The molecule has 5 heteroatoms. The van der Waals surface area contributed by atoms with Crippen LogP contribution in [0.3, 0.4) is 0 Å². The normalized spacial score (nSPS) is 15.7. The largest absolute Gasteiger partial charge is 0.458 e. The summed E-state index contributed by atoms with van der Waals surface area (Å²) in [5.74, 6) is 5.15. The molecule has 3 rings (SSSR count). The third-order valence-electron chi connectivity index (χ3n) is 4.11. The molecule has 2 heterocycles. The molecule has 0 spiro atoms. The number of furan rings is 1. The second-order valence-electron chi connectivity index (χ2n) is 5.64. The highest BCUT2D eigenvalue weighted by atomic mass is 16.3. The predicted octanol–water partition coefficient (Wildman–Crippen LogP) is 2.54. The number of amides is 1. The summed E-state index contributed by atoms with van der Waals surface area (Å²) in [5, 5.41) is 0. The van der Waals surface area contributed by atoms with Crippen molar-refractivity contribution in [2.75, 3.05) is 13.1 Å². The van der Waals surface area contributed by atoms with Gasteiger partial charge in [0, 0.05) is 17.7 Å². The topological polar surface area (TPSA) is 71.5 Å². The second-order valence-corrected chi connectivity index (χ2v) is 5.64. The average molecular weight is 299 g/mol. The van der Waals surface area contributed by atoms with Gasteiger partial charge in [-0.1, -0.05) is 36.8 Å². The van der Waals surface area contributed by atoms with Crippen molar-refractivity contribution in [2.45, 2.75) is 25.8 Å². The molecule has 0 unspecified atom stereocenters. The molecule has 1 amide bonds. The van der Waals surface area contributed by atoms with E-state index in [1.54, 1.807) is 6.26 Å². The SMILES string of the molecule is NNC(=O)c1occ(CN2CCCCC2)c1-c1ccccc1. The van der Waals surface area contributed by atoms with E-state index in [4.69, 9.17) is 10.3 Å². The van der Waals surface area contributed by atoms with E-state index in [0.717, 1.165) is 36.3 Å². The van der Waals surface area contributed by atoms with Gasteiger partial charge in [0.2, 0.25) is 5.76 Å². The van der Waals surface area contributed by atoms with Crippen molar-refractivity contribution in [1.82, 2.24) is 10.3 Å². The summed E-state index contributed by atoms with van der Waals surface area (Å²) in [5.41, 5.74) is 5.01. The van der Waals surface area contributed by atoms with Gasteiger partial charge < -0.3 is 4.42 Å². The van der Waals surface area contributed by atoms with Crippen LogP contribution >= 0.6 is 0 Å². The molecule has 0 saturated carbocycles. The Bertz CT molecular complexity index is 631. The van der Waals surface area contributed by atoms with E-state index in [1.165, 1.54) is 19.3 Å². The molecular formula is C17H21N3O2. The fraction of sp³-hybridized carbons (Fsp3) is 0.353. The minimum Gasteiger partial charge on any atom is -0.458 e. The average Bonchev–Trinajstić information content (AvgIpc) is 2.99. The summed E-state index contributed by atoms with van der Waals surface area (Å²) in [6.45, 7) is 2.99. The summed E-state index contributed by atoms with van der Waals surface area (Å²) in [6.07, 6.45) is 5.44. The molecule has 1 aliphatic heterocycles. The van der Waals surface area contributed by atoms with Gasteiger partial charge in [-0.25, -0.2) is 5.84 Å². The van der Waals surface area contributed by atoms with Crippen molar-refractivity contribution in [3.8, 4) is 11.1 Å². The number of nitrogens with two attached hydrogens (primary N) is 1. The van der Waals surface area contributed by atoms with Crippen molar-refractivity contribution in [3.63, 3.8) is 0 Å². The van der Waals surface area contributed by atoms with Crippen LogP contribution in [0.2, 0.25) is 0 Å². The van der Waals surface area contributed by atoms with Gasteiger partial charge in [-0.2, -0.15) is 0 Å². The summed E-state index contributed by atoms with van der Waals surface area (Å²) in [6, 6.07) is 9.83. The molecule has 5 nitrogen and oxygen atoms in total. The maximum Gasteiger partial charge on any atom is 0.301 e. The molecule has 116 valence electrons. The Labute approximate surface area is 130 Å². The van der Waals surface area contributed by atoms with Crippen LogP contribution in [0.5, 0.6) is 0 Å². The number of hydrogen-bond acceptors (Lipinski definition) is 4. The molecule has 2 aromatic rings. The predicted molar refractivity (Wildman–Crippen MR) is 84.9 cm³/mol. The molecule has 1 aromatic heterocycles. The van der Waals surface area contributed by atoms with Gasteiger partial charge in [0.25, 0.3) is 0 Å². The van der Waals surface area contributed by atoms with E-state index < -0.39 is 5.91 Å². The number of hydrazine groups is 1. The Morgan fingerprint density at radius 1 is 1.18 bits per heavy atom. The first kappa shape index (κ1) is 14.8. The quantitative estimate of drug-likeness (QED) is 0.517. The number of carbonyl (C=O) groups is 1. The zero-order chi connectivity index (χ0) is 15.4. The molecule has 1 fully saturated rings. The summed E-state index contributed by atoms with van der Waals surface area (Å²) in [7, 11) is 0. The highest BCUT2D eigenvalue weighted by molar-refractivity contribution is 5.98. The van der Waals surface area contributed by atoms with Crippen LogP contribution in [-0.4, -0.2) is 23.9 Å². The zero-order valence-corrected chi connectivity index (χ0v) is 12.5. The van der Waals surface area contributed by atoms with Gasteiger partial charge in [-0.05, 0) is 31.5 Å². The van der Waals surface area contributed by atoms with Gasteiger partial charge in [-0.3, -0.25) is 15.1 Å². The number of nitrogens with zero attached hydrogens (tertiary/aromatic N) is 1. The van der Waals surface area contributed by atoms with Gasteiger partial charge in [0.1, 0.15) is 0 Å². The molecule has 0 radical (unpaired) electrons. The third-order valence-corrected chi connectivity index (χ3v) is 4.11. The number of carbonyl (C=O) groups excluding carboxylic acids is 1. The smallest absolute Gasteiger partial charge is 0.301 e. The molecule has 1 saturated heterocycles. The maximum absolute atomic E-state index is 12.0. The fourth-order valence-electron chi connectivity index (χ4n) is 3.02. The summed E-state index contributed by atoms with van der Waals surface area (Å²) >= 11 is 0. The van der Waals surface area contributed by atoms with Gasteiger partial charge in [0.05, 0.1) is 6.26 Å². The number of hydrogen-bond donors (Lipinski definition) is 2. The van der Waals surface area contributed by atoms with Crippen LogP contribution in [0.1, 0.15) is 35.4 Å². The van der Waals surface area contributed by atoms with E-state index in [-0.39, 0.29) is 5.76 Å². The standard InChI is InChI=1S/C17H21N3O2/c18-19-17(21)16-15(13-7-3-1-4-8-13)14(12-22-16)11-20-9-5-2-6-10-20/h1,3-4,7-8,12H,2,5-6,9-11,18H2,(H,19,21). The summed E-state index contributed by atoms with van der Waals surface area (Å²) < 4.78 is 5.53. The molecule has 0 bridgehead atoms. The molecule has 0 aliphatic carbocycles. The Hall–Kier alpha value is -2.11. The number of piperidine rings is 1. The third kappa shape index (κ3) is 3.05. The van der Waals surface area contributed by atoms with Crippen molar-refractivity contribution >= 4 is 5.91 Å². The van der Waals surface area contributed by atoms with Crippen LogP contribution < -0.4 is 11.3 Å². The number of nitrogens with one attached hydrogen (secondary N) is 1. The van der Waals surface area contributed by atoms with Crippen molar-refractivity contribution in [2.24, 2.45) is 5.84 Å². The molecule has 3 N–H and O–H groups in total. The van der Waals surface area contributed by atoms with Crippen LogP contribution in [-0.2, 0) is 6.54 Å². The Morgan fingerprint density at radius 3 is 2.59 bits per heavy atom. The lowest BCUT2D eigenvalue weighted by Gasteiger charge is -2.26. The number of rotatable bonds is 4. The van der Waals surface area contributed by atoms with Crippen LogP contribution in [0, 0.1) is 0 Å². The number of likely N-dealkylation sites (tertiary alicyclic amines) is 1. The lowest BCUT2D eigenvalue weighted by atomic mass is 10.0. The number of nitrogen functional groups attached to an aromatic ring is 1. The Balaban J connectivity index is 1.95. The second kappa shape index (κ2) is 6.77. The summed E-state index contributed by atoms with van der Waals surface area (Å²) in [4.78, 5) is 14.4. The van der Waals surface area contributed by atoms with E-state index in [2.05, 4.69) is 10.3 Å². The van der Waals surface area contributed by atoms with Crippen LogP contribution in [0.25, 0.3) is 11.1 Å². The van der Waals surface area contributed by atoms with Crippen molar-refractivity contribution in [1.29, 1.82) is 0 Å². The first-order valence-corrected chi connectivity index (χ1v) is 7.68. The first-order chi connectivity index (χ1) is 10.8. The lowest BCUT2D eigenvalue weighted by Crippen LogP contribution is -2.30. The maximum atomic E-state index is 12.0. The van der Waals surface area contributed by atoms with Crippen molar-refractivity contribution < 1.29 is 9.21 Å². The van der Waals surface area contributed by atoms with E-state index >= 15 is 0 Å². The highest BCUT2D eigenvalue weighted by Crippen LogP contribution is 2.31. The fourth-order valence-corrected chi connectivity index (χ4v) is 3.02. The van der Waals surface area contributed by atoms with Crippen molar-refractivity contribution in [3.05, 3.63) is 47.9 Å². The molecule has 1 aromatic carbocycles. The van der Waals surface area contributed by atoms with E-state index in [1.807, 2.05) is 30.3 Å². The monoisotopic (exact) mass is 299 g/mol. The van der Waals surface area contributed by atoms with Gasteiger partial charge in [0.15, 0.2) is 0 Å². The lowest BCUT2D eigenvalue weighted by molar-refractivity contribution is 0.0927. The van der Waals surface area contributed by atoms with E-state index in [9.17, 15) is 4.79 Å². The molecule has 22 heavy (non-hydrogen) atoms. The minimum atomic E-state index is -0.399. The Morgan fingerprint density at radius 2 is 1.91 bits per heavy atom.